The Kier molecular flexibility index (Phi) is 4.84. The number of amides is 2. The summed E-state index contributed by atoms with van der Waals surface area (Å²) in [4.78, 5) is 25.2. The maximum atomic E-state index is 11.9. The van der Waals surface area contributed by atoms with E-state index in [-0.39, 0.29) is 17.9 Å². The molecule has 1 aliphatic heterocycles. The zero-order valence-electron chi connectivity index (χ0n) is 11.6. The van der Waals surface area contributed by atoms with Gasteiger partial charge in [0.2, 0.25) is 5.91 Å². The zero-order chi connectivity index (χ0) is 13.7. The van der Waals surface area contributed by atoms with Crippen molar-refractivity contribution in [3.8, 4) is 11.8 Å². The van der Waals surface area contributed by atoms with Gasteiger partial charge in [0.15, 0.2) is 0 Å². The van der Waals surface area contributed by atoms with Gasteiger partial charge < -0.3 is 10.2 Å². The fraction of sp³-hybridized carbons (Fsp3) is 0.733. The molecular formula is C15H22N2O2. The Morgan fingerprint density at radius 3 is 2.79 bits per heavy atom. The molecular weight excluding hydrogens is 240 g/mol. The van der Waals surface area contributed by atoms with Gasteiger partial charge in [-0.1, -0.05) is 25.2 Å². The minimum atomic E-state index is -0.278. The first-order valence-electron chi connectivity index (χ1n) is 7.20. The molecule has 2 amide bonds. The van der Waals surface area contributed by atoms with E-state index in [0.717, 1.165) is 6.54 Å². The molecule has 0 aromatic rings. The standard InChI is InChI=1S/C15H22N2O2/c1-2-6-14(18)16-13-9-15(19)17(11-13)10-12-7-4-3-5-8-12/h12-13H,3-5,7-11H2,1H3,(H,16,18)/t13-/m0/s1. The van der Waals surface area contributed by atoms with Gasteiger partial charge in [-0.05, 0) is 31.6 Å². The lowest BCUT2D eigenvalue weighted by Gasteiger charge is -2.27. The number of carbonyl (C=O) groups is 2. The first kappa shape index (κ1) is 13.9. The van der Waals surface area contributed by atoms with Crippen molar-refractivity contribution in [3.63, 3.8) is 0 Å². The molecule has 1 atom stereocenters. The van der Waals surface area contributed by atoms with Crippen LogP contribution in [0.25, 0.3) is 0 Å². The fourth-order valence-corrected chi connectivity index (χ4v) is 3.06. The zero-order valence-corrected chi connectivity index (χ0v) is 11.6. The van der Waals surface area contributed by atoms with E-state index in [1.807, 2.05) is 4.90 Å². The topological polar surface area (TPSA) is 49.4 Å². The molecule has 0 radical (unpaired) electrons. The first-order chi connectivity index (χ1) is 9.19. The second-order valence-electron chi connectivity index (χ2n) is 5.55. The number of hydrogen-bond acceptors (Lipinski definition) is 2. The molecule has 1 N–H and O–H groups in total. The molecule has 1 saturated heterocycles. The quantitative estimate of drug-likeness (QED) is 0.780. The number of nitrogens with zero attached hydrogens (tertiary/aromatic N) is 1. The Morgan fingerprint density at radius 1 is 1.37 bits per heavy atom. The van der Waals surface area contributed by atoms with Gasteiger partial charge in [0.1, 0.15) is 0 Å². The highest BCUT2D eigenvalue weighted by molar-refractivity contribution is 5.94. The predicted octanol–water partition coefficient (Wildman–Crippen LogP) is 1.31. The van der Waals surface area contributed by atoms with E-state index in [0.29, 0.717) is 18.9 Å². The summed E-state index contributed by atoms with van der Waals surface area (Å²) in [7, 11) is 0. The first-order valence-corrected chi connectivity index (χ1v) is 7.20. The van der Waals surface area contributed by atoms with Crippen LogP contribution < -0.4 is 5.32 Å². The van der Waals surface area contributed by atoms with Gasteiger partial charge in [0.25, 0.3) is 5.91 Å². The summed E-state index contributed by atoms with van der Waals surface area (Å²) in [6.45, 7) is 3.14. The number of hydrogen-bond donors (Lipinski definition) is 1. The maximum Gasteiger partial charge on any atom is 0.296 e. The van der Waals surface area contributed by atoms with Crippen molar-refractivity contribution in [3.05, 3.63) is 0 Å². The molecule has 0 unspecified atom stereocenters. The number of likely N-dealkylation sites (tertiary alicyclic amines) is 1. The van der Waals surface area contributed by atoms with Crippen LogP contribution in [0.5, 0.6) is 0 Å². The van der Waals surface area contributed by atoms with Crippen LogP contribution in [0.15, 0.2) is 0 Å². The normalized spacial score (nSPS) is 23.9. The van der Waals surface area contributed by atoms with Crippen LogP contribution in [-0.4, -0.2) is 35.8 Å². The molecule has 4 nitrogen and oxygen atoms in total. The lowest BCUT2D eigenvalue weighted by Crippen LogP contribution is -2.37. The van der Waals surface area contributed by atoms with Crippen molar-refractivity contribution in [1.82, 2.24) is 10.2 Å². The third-order valence-electron chi connectivity index (χ3n) is 3.99. The minimum absolute atomic E-state index is 0.0653. The van der Waals surface area contributed by atoms with Gasteiger partial charge in [-0.15, -0.1) is 0 Å². The molecule has 0 bridgehead atoms. The summed E-state index contributed by atoms with van der Waals surface area (Å²) < 4.78 is 0. The molecule has 2 rings (SSSR count). The van der Waals surface area contributed by atoms with Gasteiger partial charge in [-0.25, -0.2) is 0 Å². The Bertz CT molecular complexity index is 402. The number of rotatable bonds is 3. The fourth-order valence-electron chi connectivity index (χ4n) is 3.06. The summed E-state index contributed by atoms with van der Waals surface area (Å²) in [5.41, 5.74) is 0. The second kappa shape index (κ2) is 6.60. The monoisotopic (exact) mass is 262 g/mol. The molecule has 4 heteroatoms. The minimum Gasteiger partial charge on any atom is -0.340 e. The van der Waals surface area contributed by atoms with Crippen LogP contribution >= 0.6 is 0 Å². The highest BCUT2D eigenvalue weighted by Gasteiger charge is 2.31. The van der Waals surface area contributed by atoms with Crippen LogP contribution in [0.1, 0.15) is 45.4 Å². The average molecular weight is 262 g/mol. The van der Waals surface area contributed by atoms with Gasteiger partial charge in [0, 0.05) is 19.5 Å². The smallest absolute Gasteiger partial charge is 0.296 e. The summed E-state index contributed by atoms with van der Waals surface area (Å²) >= 11 is 0. The van der Waals surface area contributed by atoms with Gasteiger partial charge in [-0.3, -0.25) is 9.59 Å². The molecule has 0 aromatic carbocycles. The summed E-state index contributed by atoms with van der Waals surface area (Å²) in [6.07, 6.45) is 6.81. The third kappa shape index (κ3) is 3.99. The second-order valence-corrected chi connectivity index (χ2v) is 5.55. The molecule has 0 spiro atoms. The van der Waals surface area contributed by atoms with E-state index in [1.165, 1.54) is 32.1 Å². The van der Waals surface area contributed by atoms with Crippen LogP contribution in [0.3, 0.4) is 0 Å². The summed E-state index contributed by atoms with van der Waals surface area (Å²) in [5.74, 6) is 5.57. The lowest BCUT2D eigenvalue weighted by molar-refractivity contribution is -0.128. The van der Waals surface area contributed by atoms with Crippen molar-refractivity contribution in [2.75, 3.05) is 13.1 Å². The highest BCUT2D eigenvalue weighted by Crippen LogP contribution is 2.25. The molecule has 0 aromatic heterocycles. The van der Waals surface area contributed by atoms with Crippen molar-refractivity contribution in [1.29, 1.82) is 0 Å². The van der Waals surface area contributed by atoms with E-state index >= 15 is 0 Å². The van der Waals surface area contributed by atoms with E-state index in [1.54, 1.807) is 6.92 Å². The van der Waals surface area contributed by atoms with Crippen molar-refractivity contribution >= 4 is 11.8 Å². The largest absolute Gasteiger partial charge is 0.340 e. The molecule has 19 heavy (non-hydrogen) atoms. The van der Waals surface area contributed by atoms with Crippen LogP contribution in [0, 0.1) is 17.8 Å². The lowest BCUT2D eigenvalue weighted by atomic mass is 9.89. The Balaban J connectivity index is 1.81. The van der Waals surface area contributed by atoms with E-state index in [2.05, 4.69) is 17.2 Å². The third-order valence-corrected chi connectivity index (χ3v) is 3.99. The summed E-state index contributed by atoms with van der Waals surface area (Å²) in [6, 6.07) is -0.0653. The van der Waals surface area contributed by atoms with Crippen molar-refractivity contribution in [2.45, 2.75) is 51.5 Å². The Hall–Kier alpha value is -1.50. The SMILES string of the molecule is CC#CC(=O)N[C@H]1CC(=O)N(CC2CCCCC2)C1. The number of carbonyl (C=O) groups excluding carboxylic acids is 2. The van der Waals surface area contributed by atoms with Gasteiger partial charge in [-0.2, -0.15) is 0 Å². The van der Waals surface area contributed by atoms with E-state index in [4.69, 9.17) is 0 Å². The molecule has 1 saturated carbocycles. The molecule has 1 heterocycles. The van der Waals surface area contributed by atoms with E-state index in [9.17, 15) is 9.59 Å². The molecule has 2 aliphatic rings. The molecule has 104 valence electrons. The Morgan fingerprint density at radius 2 is 2.11 bits per heavy atom. The Labute approximate surface area is 114 Å². The van der Waals surface area contributed by atoms with Gasteiger partial charge >= 0.3 is 0 Å². The predicted molar refractivity (Wildman–Crippen MR) is 73.2 cm³/mol. The average Bonchev–Trinajstić information content (AvgIpc) is 2.71. The van der Waals surface area contributed by atoms with Crippen LogP contribution in [-0.2, 0) is 9.59 Å². The van der Waals surface area contributed by atoms with Crippen LogP contribution in [0.4, 0.5) is 0 Å². The maximum absolute atomic E-state index is 11.9. The number of nitrogens with one attached hydrogen (secondary N) is 1. The summed E-state index contributed by atoms with van der Waals surface area (Å²) in [5, 5.41) is 2.80. The highest BCUT2D eigenvalue weighted by atomic mass is 16.2. The molecule has 2 fully saturated rings. The molecule has 1 aliphatic carbocycles. The van der Waals surface area contributed by atoms with Crippen molar-refractivity contribution in [2.24, 2.45) is 5.92 Å². The van der Waals surface area contributed by atoms with E-state index < -0.39 is 0 Å². The van der Waals surface area contributed by atoms with Gasteiger partial charge in [0.05, 0.1) is 6.04 Å². The van der Waals surface area contributed by atoms with Crippen LogP contribution in [0.2, 0.25) is 0 Å². The van der Waals surface area contributed by atoms with Crippen molar-refractivity contribution < 1.29 is 9.59 Å².